The molecule has 0 saturated heterocycles. The predicted octanol–water partition coefficient (Wildman–Crippen LogP) is 3.55. The molecule has 6 nitrogen and oxygen atoms in total. The smallest absolute Gasteiger partial charge is 0.251 e. The summed E-state index contributed by atoms with van der Waals surface area (Å²) in [6, 6.07) is 15.0. The molecule has 3 aromatic rings. The van der Waals surface area contributed by atoms with Crippen LogP contribution < -0.4 is 10.2 Å². The van der Waals surface area contributed by atoms with E-state index < -0.39 is 0 Å². The summed E-state index contributed by atoms with van der Waals surface area (Å²) in [7, 11) is 0. The number of aryl methyl sites for hydroxylation is 1. The summed E-state index contributed by atoms with van der Waals surface area (Å²) in [6.07, 6.45) is 3.14. The number of nitrogens with one attached hydrogen (secondary N) is 1. The number of anilines is 2. The summed E-state index contributed by atoms with van der Waals surface area (Å²) in [4.78, 5) is 19.4. The van der Waals surface area contributed by atoms with Crippen LogP contribution in [-0.4, -0.2) is 48.9 Å². The molecular formula is C26H28FN3O3. The van der Waals surface area contributed by atoms with Gasteiger partial charge in [0.1, 0.15) is 11.6 Å². The Morgan fingerprint density at radius 1 is 1.18 bits per heavy atom. The van der Waals surface area contributed by atoms with Gasteiger partial charge in [-0.3, -0.25) is 4.79 Å². The van der Waals surface area contributed by atoms with E-state index in [-0.39, 0.29) is 24.9 Å². The van der Waals surface area contributed by atoms with Crippen LogP contribution in [0.25, 0.3) is 0 Å². The number of benzene rings is 2. The molecule has 2 N–H and O–H groups in total. The van der Waals surface area contributed by atoms with Crippen molar-refractivity contribution in [2.45, 2.75) is 19.8 Å². The van der Waals surface area contributed by atoms with Gasteiger partial charge in [0.25, 0.3) is 5.91 Å². The Balaban J connectivity index is 1.49. The summed E-state index contributed by atoms with van der Waals surface area (Å²) in [5, 5.41) is 11.6. The number of rotatable bonds is 9. The zero-order valence-corrected chi connectivity index (χ0v) is 18.7. The van der Waals surface area contributed by atoms with Crippen molar-refractivity contribution >= 4 is 17.4 Å². The fourth-order valence-electron chi connectivity index (χ4n) is 4.08. The maximum Gasteiger partial charge on any atom is 0.251 e. The summed E-state index contributed by atoms with van der Waals surface area (Å²) in [6.45, 7) is 3.46. The lowest BCUT2D eigenvalue weighted by molar-refractivity contribution is 0.0837. The van der Waals surface area contributed by atoms with Crippen molar-refractivity contribution in [3.05, 3.63) is 88.4 Å². The lowest BCUT2D eigenvalue weighted by atomic mass is 10.0. The Bertz CT molecular complexity index is 1140. The van der Waals surface area contributed by atoms with Crippen molar-refractivity contribution in [1.29, 1.82) is 0 Å². The van der Waals surface area contributed by atoms with Crippen LogP contribution in [0.3, 0.4) is 0 Å². The number of aliphatic hydroxyl groups excluding tert-OH is 1. The molecule has 0 saturated carbocycles. The molecule has 4 rings (SSSR count). The van der Waals surface area contributed by atoms with Gasteiger partial charge in [-0.2, -0.15) is 0 Å². The van der Waals surface area contributed by atoms with Crippen LogP contribution in [0.4, 0.5) is 15.9 Å². The average molecular weight is 450 g/mol. The normalized spacial score (nSPS) is 12.6. The van der Waals surface area contributed by atoms with E-state index in [4.69, 9.17) is 9.84 Å². The molecule has 1 amide bonds. The Kier molecular flexibility index (Phi) is 7.32. The Morgan fingerprint density at radius 3 is 2.85 bits per heavy atom. The maximum atomic E-state index is 13.9. The molecular weight excluding hydrogens is 421 g/mol. The van der Waals surface area contributed by atoms with Gasteiger partial charge in [0.15, 0.2) is 0 Å². The molecule has 1 aliphatic heterocycles. The van der Waals surface area contributed by atoms with E-state index in [1.807, 2.05) is 36.4 Å². The van der Waals surface area contributed by atoms with Crippen LogP contribution in [0.1, 0.15) is 32.6 Å². The third-order valence-electron chi connectivity index (χ3n) is 5.77. The third kappa shape index (κ3) is 5.38. The van der Waals surface area contributed by atoms with Gasteiger partial charge in [0.05, 0.1) is 19.8 Å². The van der Waals surface area contributed by atoms with Crippen LogP contribution in [0.2, 0.25) is 0 Å². The number of fused-ring (bicyclic) bond motifs is 1. The number of hydrogen-bond donors (Lipinski definition) is 2. The molecule has 172 valence electrons. The molecule has 2 aromatic carbocycles. The number of carbonyl (C=O) groups excluding carboxylic acids is 1. The fraction of sp³-hybridized carbons (Fsp3) is 0.308. The van der Waals surface area contributed by atoms with Crippen LogP contribution in [-0.2, 0) is 17.6 Å². The molecule has 0 radical (unpaired) electrons. The topological polar surface area (TPSA) is 74.7 Å². The molecule has 1 aliphatic rings. The summed E-state index contributed by atoms with van der Waals surface area (Å²) < 4.78 is 19.1. The van der Waals surface area contributed by atoms with Crippen molar-refractivity contribution in [3.63, 3.8) is 0 Å². The highest BCUT2D eigenvalue weighted by molar-refractivity contribution is 5.98. The minimum Gasteiger partial charge on any atom is -0.394 e. The number of halogens is 1. The standard InChI is InChI=1S/C26H28FN3O3/c1-18-5-6-19(16-23(18)27)15-20-7-9-28-25(17-20)30-11-8-21-22(3-2-4-24(21)30)26(32)29-10-13-33-14-12-31/h2-7,9,16-17,31H,8,10-15H2,1H3,(H,29,32). The van der Waals surface area contributed by atoms with Crippen LogP contribution in [0, 0.1) is 12.7 Å². The number of ether oxygens (including phenoxy) is 1. The molecule has 1 aromatic heterocycles. The SMILES string of the molecule is Cc1ccc(Cc2ccnc(N3CCc4c(C(=O)NCCOCCO)cccc43)c2)cc1F. The van der Waals surface area contributed by atoms with Gasteiger partial charge in [0.2, 0.25) is 0 Å². The summed E-state index contributed by atoms with van der Waals surface area (Å²) >= 11 is 0. The summed E-state index contributed by atoms with van der Waals surface area (Å²) in [5.74, 6) is 0.485. The first-order chi connectivity index (χ1) is 16.1. The molecule has 0 atom stereocenters. The van der Waals surface area contributed by atoms with E-state index >= 15 is 0 Å². The number of carbonyl (C=O) groups is 1. The minimum absolute atomic E-state index is 0.0346. The molecule has 7 heteroatoms. The Labute approximate surface area is 193 Å². The van der Waals surface area contributed by atoms with Gasteiger partial charge in [-0.1, -0.05) is 18.2 Å². The molecule has 2 heterocycles. The van der Waals surface area contributed by atoms with Crippen molar-refractivity contribution in [3.8, 4) is 0 Å². The van der Waals surface area contributed by atoms with E-state index in [1.54, 1.807) is 25.3 Å². The second-order valence-corrected chi connectivity index (χ2v) is 8.08. The van der Waals surface area contributed by atoms with Crippen molar-refractivity contribution in [2.24, 2.45) is 0 Å². The maximum absolute atomic E-state index is 13.9. The second kappa shape index (κ2) is 10.6. The first-order valence-electron chi connectivity index (χ1n) is 11.1. The van der Waals surface area contributed by atoms with Crippen molar-refractivity contribution < 1.29 is 19.0 Å². The number of amides is 1. The van der Waals surface area contributed by atoms with Crippen LogP contribution in [0.5, 0.6) is 0 Å². The largest absolute Gasteiger partial charge is 0.394 e. The van der Waals surface area contributed by atoms with Gasteiger partial charge in [0, 0.05) is 30.5 Å². The van der Waals surface area contributed by atoms with Gasteiger partial charge < -0.3 is 20.1 Å². The molecule has 33 heavy (non-hydrogen) atoms. The quantitative estimate of drug-likeness (QED) is 0.489. The third-order valence-corrected chi connectivity index (χ3v) is 5.77. The van der Waals surface area contributed by atoms with Gasteiger partial charge in [-0.05, 0) is 72.4 Å². The molecule has 0 spiro atoms. The first-order valence-corrected chi connectivity index (χ1v) is 11.1. The molecule has 0 unspecified atom stereocenters. The zero-order chi connectivity index (χ0) is 23.2. The molecule has 0 aliphatic carbocycles. The van der Waals surface area contributed by atoms with E-state index in [0.717, 1.165) is 41.2 Å². The number of aromatic nitrogens is 1. The van der Waals surface area contributed by atoms with E-state index in [1.165, 1.54) is 0 Å². The first kappa shape index (κ1) is 22.9. The minimum atomic E-state index is -0.194. The number of aliphatic hydroxyl groups is 1. The van der Waals surface area contributed by atoms with Crippen LogP contribution in [0.15, 0.2) is 54.7 Å². The van der Waals surface area contributed by atoms with Gasteiger partial charge in [-0.15, -0.1) is 0 Å². The number of hydrogen-bond acceptors (Lipinski definition) is 5. The van der Waals surface area contributed by atoms with Crippen molar-refractivity contribution in [1.82, 2.24) is 10.3 Å². The lowest BCUT2D eigenvalue weighted by Crippen LogP contribution is -2.28. The molecule has 0 fully saturated rings. The molecule has 0 bridgehead atoms. The average Bonchev–Trinajstić information content (AvgIpc) is 3.26. The van der Waals surface area contributed by atoms with Gasteiger partial charge in [-0.25, -0.2) is 9.37 Å². The second-order valence-electron chi connectivity index (χ2n) is 8.08. The highest BCUT2D eigenvalue weighted by atomic mass is 19.1. The monoisotopic (exact) mass is 449 g/mol. The zero-order valence-electron chi connectivity index (χ0n) is 18.7. The van der Waals surface area contributed by atoms with E-state index in [9.17, 15) is 9.18 Å². The Morgan fingerprint density at radius 2 is 2.03 bits per heavy atom. The Hall–Kier alpha value is -3.29. The van der Waals surface area contributed by atoms with E-state index in [2.05, 4.69) is 15.2 Å². The van der Waals surface area contributed by atoms with Gasteiger partial charge >= 0.3 is 0 Å². The van der Waals surface area contributed by atoms with Crippen LogP contribution >= 0.6 is 0 Å². The fourth-order valence-corrected chi connectivity index (χ4v) is 4.08. The van der Waals surface area contributed by atoms with Crippen molar-refractivity contribution in [2.75, 3.05) is 37.8 Å². The predicted molar refractivity (Wildman–Crippen MR) is 126 cm³/mol. The van der Waals surface area contributed by atoms with E-state index in [0.29, 0.717) is 30.7 Å². The highest BCUT2D eigenvalue weighted by Gasteiger charge is 2.26. The lowest BCUT2D eigenvalue weighted by Gasteiger charge is -2.19. The highest BCUT2D eigenvalue weighted by Crippen LogP contribution is 2.35. The summed E-state index contributed by atoms with van der Waals surface area (Å²) in [5.41, 5.74) is 5.24. The number of nitrogens with zero attached hydrogens (tertiary/aromatic N) is 2. The number of pyridine rings is 1.